The molecule has 2 aromatic rings. The highest BCUT2D eigenvalue weighted by molar-refractivity contribution is 5.13. The third-order valence-corrected chi connectivity index (χ3v) is 9.69. The number of rotatable bonds is 31. The summed E-state index contributed by atoms with van der Waals surface area (Å²) in [6.07, 6.45) is 44.4. The van der Waals surface area contributed by atoms with Gasteiger partial charge in [-0.15, -0.1) is 0 Å². The Morgan fingerprint density at radius 3 is 1.26 bits per heavy atom. The second-order valence-electron chi connectivity index (χ2n) is 13.7. The van der Waals surface area contributed by atoms with Crippen LogP contribution in [0.5, 0.6) is 0 Å². The molecule has 0 spiro atoms. The molecule has 0 fully saturated rings. The zero-order valence-corrected chi connectivity index (χ0v) is 29.1. The number of hydrogen-bond acceptors (Lipinski definition) is 0. The third-order valence-electron chi connectivity index (χ3n) is 9.69. The lowest BCUT2D eigenvalue weighted by molar-refractivity contribution is -0.695. The van der Waals surface area contributed by atoms with Crippen LogP contribution in [0.2, 0.25) is 0 Å². The number of nitrogens with one attached hydrogen (secondary N) is 1. The molecule has 0 aliphatic rings. The van der Waals surface area contributed by atoms with Gasteiger partial charge in [-0.05, 0) is 18.4 Å². The molecular weight excluding hydrogens is 520 g/mol. The number of nitrogens with zero attached hydrogens (tertiary/aromatic N) is 1. The van der Waals surface area contributed by atoms with E-state index in [1.165, 1.54) is 191 Å². The Labute approximate surface area is 269 Å². The van der Waals surface area contributed by atoms with E-state index in [0.29, 0.717) is 5.92 Å². The van der Waals surface area contributed by atoms with Gasteiger partial charge in [-0.25, -0.2) is 9.55 Å². The van der Waals surface area contributed by atoms with E-state index in [1.807, 2.05) is 0 Å². The lowest BCUT2D eigenvalue weighted by atomic mass is 9.93. The Bertz CT molecular complexity index is 825. The lowest BCUT2D eigenvalue weighted by Crippen LogP contribution is -2.38. The number of H-pyrrole nitrogens is 1. The molecule has 1 aromatic heterocycles. The van der Waals surface area contributed by atoms with E-state index < -0.39 is 0 Å². The minimum atomic E-state index is 0.666. The van der Waals surface area contributed by atoms with Gasteiger partial charge in [0.05, 0.1) is 5.92 Å². The summed E-state index contributed by atoms with van der Waals surface area (Å²) in [5.74, 6) is 2.13. The van der Waals surface area contributed by atoms with Gasteiger partial charge in [-0.3, -0.25) is 0 Å². The van der Waals surface area contributed by atoms with Crippen molar-refractivity contribution >= 4 is 0 Å². The molecule has 43 heavy (non-hydrogen) atoms. The first-order valence-corrected chi connectivity index (χ1v) is 19.5. The molecule has 2 rings (SSSR count). The molecule has 1 aromatic carbocycles. The molecule has 1 heterocycles. The number of aromatic amines is 1. The van der Waals surface area contributed by atoms with Gasteiger partial charge >= 0.3 is 0 Å². The number of aromatic nitrogens is 2. The maximum atomic E-state index is 3.68. The largest absolute Gasteiger partial charge is 0.257 e. The van der Waals surface area contributed by atoms with Crippen LogP contribution in [0, 0.1) is 0 Å². The molecule has 0 radical (unpaired) electrons. The summed E-state index contributed by atoms with van der Waals surface area (Å²) in [7, 11) is 0. The highest BCUT2D eigenvalue weighted by Gasteiger charge is 2.22. The first kappa shape index (κ1) is 37.6. The van der Waals surface area contributed by atoms with E-state index in [9.17, 15) is 0 Å². The van der Waals surface area contributed by atoms with Gasteiger partial charge in [0.15, 0.2) is 0 Å². The van der Waals surface area contributed by atoms with Crippen molar-refractivity contribution in [2.24, 2.45) is 0 Å². The molecule has 2 heteroatoms. The molecule has 1 atom stereocenters. The number of imidazole rings is 1. The van der Waals surface area contributed by atoms with Crippen molar-refractivity contribution in [2.45, 2.75) is 206 Å². The van der Waals surface area contributed by atoms with Crippen LogP contribution in [-0.4, -0.2) is 4.98 Å². The predicted octanol–water partition coefficient (Wildman–Crippen LogP) is 13.4. The van der Waals surface area contributed by atoms with Crippen LogP contribution in [0.3, 0.4) is 0 Å². The number of hydrogen-bond donors (Lipinski definition) is 1. The van der Waals surface area contributed by atoms with E-state index in [2.05, 4.69) is 66.1 Å². The monoisotopic (exact) mass is 594 g/mol. The van der Waals surface area contributed by atoms with Gasteiger partial charge in [0.1, 0.15) is 18.9 Å². The summed E-state index contributed by atoms with van der Waals surface area (Å²) in [5, 5.41) is 0. The first-order chi connectivity index (χ1) is 21.3. The topological polar surface area (TPSA) is 19.7 Å². The third kappa shape index (κ3) is 20.2. The fraction of sp³-hybridized carbons (Fsp3) is 0.780. The average molecular weight is 594 g/mol. The van der Waals surface area contributed by atoms with Crippen LogP contribution in [0.25, 0.3) is 0 Å². The van der Waals surface area contributed by atoms with Gasteiger partial charge < -0.3 is 0 Å². The van der Waals surface area contributed by atoms with E-state index in [0.717, 1.165) is 6.54 Å². The van der Waals surface area contributed by atoms with Crippen LogP contribution < -0.4 is 4.57 Å². The maximum absolute atomic E-state index is 3.68. The zero-order valence-electron chi connectivity index (χ0n) is 29.1. The molecular formula is C41H73N2+. The minimum Gasteiger partial charge on any atom is -0.247 e. The zero-order chi connectivity index (χ0) is 30.5. The van der Waals surface area contributed by atoms with E-state index in [-0.39, 0.29) is 0 Å². The first-order valence-electron chi connectivity index (χ1n) is 19.5. The molecule has 0 aliphatic carbocycles. The second-order valence-corrected chi connectivity index (χ2v) is 13.7. The van der Waals surface area contributed by atoms with Gasteiger partial charge in [-0.1, -0.05) is 211 Å². The van der Waals surface area contributed by atoms with Crippen LogP contribution >= 0.6 is 0 Å². The molecule has 0 saturated carbocycles. The fourth-order valence-electron chi connectivity index (χ4n) is 6.88. The Morgan fingerprint density at radius 1 is 0.488 bits per heavy atom. The average Bonchev–Trinajstić information content (AvgIpc) is 3.49. The van der Waals surface area contributed by atoms with Crippen molar-refractivity contribution in [3.05, 3.63) is 54.1 Å². The summed E-state index contributed by atoms with van der Waals surface area (Å²) in [6, 6.07) is 11.0. The summed E-state index contributed by atoms with van der Waals surface area (Å²) in [4.78, 5) is 3.68. The Balaban J connectivity index is 1.63. The number of benzene rings is 1. The van der Waals surface area contributed by atoms with Crippen molar-refractivity contribution in [1.82, 2.24) is 4.98 Å². The minimum absolute atomic E-state index is 0.666. The lowest BCUT2D eigenvalue weighted by Gasteiger charge is -2.14. The molecule has 0 amide bonds. The molecule has 0 bridgehead atoms. The maximum Gasteiger partial charge on any atom is 0.257 e. The smallest absolute Gasteiger partial charge is 0.247 e. The second kappa shape index (κ2) is 27.9. The van der Waals surface area contributed by atoms with Crippen molar-refractivity contribution in [1.29, 1.82) is 0 Å². The van der Waals surface area contributed by atoms with Crippen molar-refractivity contribution in [2.75, 3.05) is 0 Å². The van der Waals surface area contributed by atoms with Gasteiger partial charge in [0, 0.05) is 0 Å². The summed E-state index contributed by atoms with van der Waals surface area (Å²) in [5.41, 5.74) is 1.40. The van der Waals surface area contributed by atoms with Crippen molar-refractivity contribution in [3.63, 3.8) is 0 Å². The normalized spacial score (nSPS) is 12.2. The molecule has 2 nitrogen and oxygen atoms in total. The van der Waals surface area contributed by atoms with E-state index >= 15 is 0 Å². The molecule has 1 N–H and O–H groups in total. The molecule has 246 valence electrons. The van der Waals surface area contributed by atoms with Crippen LogP contribution in [0.1, 0.15) is 211 Å². The Morgan fingerprint density at radius 2 is 0.860 bits per heavy atom. The van der Waals surface area contributed by atoms with E-state index in [1.54, 1.807) is 0 Å². The van der Waals surface area contributed by atoms with Gasteiger partial charge in [0.2, 0.25) is 0 Å². The predicted molar refractivity (Wildman–Crippen MR) is 190 cm³/mol. The standard InChI is InChI=1S/C41H72N2/c1-3-5-7-9-11-13-15-16-17-18-20-22-24-26-31-35-40(34-30-25-23-21-19-14-12-10-8-6-4-2)41-42-36-37-43(41)38-39-32-28-27-29-33-39/h27-29,32-33,36-37,40H,3-26,30-31,34-35,38H2,1-2H3/p+1/t40-/m0/s1. The van der Waals surface area contributed by atoms with Crippen LogP contribution in [0.4, 0.5) is 0 Å². The number of unbranched alkanes of at least 4 members (excludes halogenated alkanes) is 24. The molecule has 0 saturated heterocycles. The Kier molecular flexibility index (Phi) is 24.4. The van der Waals surface area contributed by atoms with Crippen molar-refractivity contribution in [3.8, 4) is 0 Å². The Hall–Kier alpha value is -1.57. The quantitative estimate of drug-likeness (QED) is 0.0662. The van der Waals surface area contributed by atoms with Crippen LogP contribution in [-0.2, 0) is 6.54 Å². The van der Waals surface area contributed by atoms with Gasteiger partial charge in [0.25, 0.3) is 5.82 Å². The fourth-order valence-corrected chi connectivity index (χ4v) is 6.88. The van der Waals surface area contributed by atoms with E-state index in [4.69, 9.17) is 0 Å². The van der Waals surface area contributed by atoms with Gasteiger partial charge in [-0.2, -0.15) is 0 Å². The van der Waals surface area contributed by atoms with Crippen molar-refractivity contribution < 1.29 is 4.57 Å². The highest BCUT2D eigenvalue weighted by Crippen LogP contribution is 2.26. The SMILES string of the molecule is CCCCCCCCCCCCCCCCC[C@H](CCCCCCCCCCCCC)c1[nH]cc[n+]1Cc1ccccc1. The summed E-state index contributed by atoms with van der Waals surface area (Å²) >= 11 is 0. The molecule has 0 unspecified atom stereocenters. The van der Waals surface area contributed by atoms with Crippen LogP contribution in [0.15, 0.2) is 42.7 Å². The summed E-state index contributed by atoms with van der Waals surface area (Å²) < 4.78 is 2.49. The summed E-state index contributed by atoms with van der Waals surface area (Å²) in [6.45, 7) is 5.60. The highest BCUT2D eigenvalue weighted by atomic mass is 15.1. The molecule has 0 aliphatic heterocycles.